The number of esters is 2. The van der Waals surface area contributed by atoms with Crippen LogP contribution in [0.2, 0.25) is 0 Å². The number of aromatic nitrogens is 4. The van der Waals surface area contributed by atoms with Crippen LogP contribution in [0.25, 0.3) is 5.70 Å². The first kappa shape index (κ1) is 15.4. The summed E-state index contributed by atoms with van der Waals surface area (Å²) in [5.74, 6) is -1.08. The topological polar surface area (TPSA) is 96.2 Å². The van der Waals surface area contributed by atoms with Crippen LogP contribution in [0.5, 0.6) is 0 Å². The number of carbonyl (C=O) groups excluding carboxylic acids is 2. The summed E-state index contributed by atoms with van der Waals surface area (Å²) < 4.78 is 9.08. The van der Waals surface area contributed by atoms with Gasteiger partial charge in [0.1, 0.15) is 0 Å². The maximum atomic E-state index is 11.7. The van der Waals surface area contributed by atoms with Crippen LogP contribution in [0, 0.1) is 0 Å². The molecule has 0 N–H and O–H groups in total. The Balaban J connectivity index is 2.25. The highest BCUT2D eigenvalue weighted by Gasteiger charge is 2.18. The smallest absolute Gasteiger partial charge is 0.358 e. The van der Waals surface area contributed by atoms with Gasteiger partial charge < -0.3 is 9.47 Å². The number of tetrazole rings is 1. The van der Waals surface area contributed by atoms with Crippen LogP contribution in [-0.4, -0.2) is 46.4 Å². The number of carbonyl (C=O) groups is 2. The van der Waals surface area contributed by atoms with Crippen LogP contribution < -0.4 is 0 Å². The molecule has 0 amide bonds. The molecular formula is C14H14N4O4. The first-order valence-electron chi connectivity index (χ1n) is 6.35. The van der Waals surface area contributed by atoms with Crippen LogP contribution in [0.4, 0.5) is 0 Å². The van der Waals surface area contributed by atoms with Gasteiger partial charge in [0.05, 0.1) is 20.3 Å². The van der Waals surface area contributed by atoms with E-state index in [9.17, 15) is 9.59 Å². The van der Waals surface area contributed by atoms with Crippen LogP contribution in [0.1, 0.15) is 11.4 Å². The van der Waals surface area contributed by atoms with Gasteiger partial charge in [0, 0.05) is 6.42 Å². The molecule has 0 spiro atoms. The van der Waals surface area contributed by atoms with Crippen LogP contribution >= 0.6 is 0 Å². The van der Waals surface area contributed by atoms with Gasteiger partial charge in [-0.2, -0.15) is 0 Å². The van der Waals surface area contributed by atoms with E-state index < -0.39 is 11.9 Å². The SMILES string of the molecule is COC(=O)/C=C(/C(=O)OC)n1nnc(Cc2ccccc2)n1. The Labute approximate surface area is 126 Å². The van der Waals surface area contributed by atoms with E-state index >= 15 is 0 Å². The van der Waals surface area contributed by atoms with Crippen molar-refractivity contribution in [2.24, 2.45) is 0 Å². The monoisotopic (exact) mass is 302 g/mol. The molecule has 0 aliphatic carbocycles. The lowest BCUT2D eigenvalue weighted by Crippen LogP contribution is -2.15. The highest BCUT2D eigenvalue weighted by atomic mass is 16.5. The lowest BCUT2D eigenvalue weighted by Gasteiger charge is -2.02. The van der Waals surface area contributed by atoms with Crippen LogP contribution in [0.15, 0.2) is 36.4 Å². The number of hydrogen-bond donors (Lipinski definition) is 0. The Bertz CT molecular complexity index is 694. The van der Waals surface area contributed by atoms with Crippen LogP contribution in [-0.2, 0) is 25.5 Å². The normalized spacial score (nSPS) is 11.1. The Morgan fingerprint density at radius 3 is 2.55 bits per heavy atom. The fourth-order valence-corrected chi connectivity index (χ4v) is 1.67. The summed E-state index contributed by atoms with van der Waals surface area (Å²) in [6, 6.07) is 9.55. The maximum absolute atomic E-state index is 11.7. The van der Waals surface area contributed by atoms with Crippen LogP contribution in [0.3, 0.4) is 0 Å². The molecule has 0 saturated carbocycles. The molecule has 0 saturated heterocycles. The largest absolute Gasteiger partial charge is 0.466 e. The summed E-state index contributed by atoms with van der Waals surface area (Å²) in [7, 11) is 2.39. The third-order valence-corrected chi connectivity index (χ3v) is 2.73. The Hall–Kier alpha value is -3.03. The fourth-order valence-electron chi connectivity index (χ4n) is 1.67. The third kappa shape index (κ3) is 3.75. The van der Waals surface area contributed by atoms with Crippen molar-refractivity contribution in [3.05, 3.63) is 47.8 Å². The number of ether oxygens (including phenoxy) is 2. The second kappa shape index (κ2) is 7.11. The zero-order valence-corrected chi connectivity index (χ0v) is 12.1. The standard InChI is InChI=1S/C14H14N4O4/c1-21-13(19)9-11(14(20)22-2)18-16-12(15-17-18)8-10-6-4-3-5-7-10/h3-7,9H,8H2,1-2H3/b11-9-. The van der Waals surface area contributed by atoms with Crippen molar-refractivity contribution in [2.75, 3.05) is 14.2 Å². The van der Waals surface area contributed by atoms with Gasteiger partial charge in [-0.05, 0) is 10.8 Å². The van der Waals surface area contributed by atoms with Gasteiger partial charge in [-0.25, -0.2) is 9.59 Å². The van der Waals surface area contributed by atoms with E-state index in [0.29, 0.717) is 12.2 Å². The van der Waals surface area contributed by atoms with E-state index in [4.69, 9.17) is 0 Å². The molecule has 0 aliphatic heterocycles. The fraction of sp³-hybridized carbons (Fsp3) is 0.214. The van der Waals surface area contributed by atoms with Crippen molar-refractivity contribution in [2.45, 2.75) is 6.42 Å². The highest BCUT2D eigenvalue weighted by molar-refractivity contribution is 6.14. The summed E-state index contributed by atoms with van der Waals surface area (Å²) in [6.07, 6.45) is 1.40. The minimum Gasteiger partial charge on any atom is -0.466 e. The molecular weight excluding hydrogens is 288 g/mol. The number of methoxy groups -OCH3 is 2. The number of rotatable bonds is 5. The van der Waals surface area contributed by atoms with Gasteiger partial charge in [-0.3, -0.25) is 0 Å². The first-order chi connectivity index (χ1) is 10.6. The molecule has 2 rings (SSSR count). The van der Waals surface area contributed by atoms with E-state index in [1.807, 2.05) is 30.3 Å². The minimum atomic E-state index is -0.769. The van der Waals surface area contributed by atoms with E-state index in [1.165, 1.54) is 14.2 Å². The quantitative estimate of drug-likeness (QED) is 0.584. The maximum Gasteiger partial charge on any atom is 0.358 e. The zero-order valence-electron chi connectivity index (χ0n) is 12.1. The summed E-state index contributed by atoms with van der Waals surface area (Å²) >= 11 is 0. The highest BCUT2D eigenvalue weighted by Crippen LogP contribution is 2.07. The Kier molecular flexibility index (Phi) is 4.97. The summed E-state index contributed by atoms with van der Waals surface area (Å²) in [4.78, 5) is 24.0. The first-order valence-corrected chi connectivity index (χ1v) is 6.35. The number of nitrogens with zero attached hydrogens (tertiary/aromatic N) is 4. The van der Waals surface area contributed by atoms with Crippen molar-refractivity contribution >= 4 is 17.6 Å². The Morgan fingerprint density at radius 1 is 1.18 bits per heavy atom. The van der Waals surface area contributed by atoms with Gasteiger partial charge in [-0.1, -0.05) is 30.3 Å². The molecule has 1 aromatic heterocycles. The summed E-state index contributed by atoms with van der Waals surface area (Å²) in [5, 5.41) is 11.7. The molecule has 22 heavy (non-hydrogen) atoms. The molecule has 2 aromatic rings. The zero-order chi connectivity index (χ0) is 15.9. The average Bonchev–Trinajstić information content (AvgIpc) is 3.00. The van der Waals surface area contributed by atoms with Gasteiger partial charge in [0.25, 0.3) is 0 Å². The van der Waals surface area contributed by atoms with Crippen molar-refractivity contribution in [3.8, 4) is 0 Å². The van der Waals surface area contributed by atoms with E-state index in [-0.39, 0.29) is 5.70 Å². The predicted molar refractivity (Wildman–Crippen MR) is 75.4 cm³/mol. The van der Waals surface area contributed by atoms with E-state index in [1.54, 1.807) is 0 Å². The molecule has 0 bridgehead atoms. The minimum absolute atomic E-state index is 0.179. The number of hydrogen-bond acceptors (Lipinski definition) is 7. The molecule has 0 unspecified atom stereocenters. The van der Waals surface area contributed by atoms with Gasteiger partial charge in [0.15, 0.2) is 11.5 Å². The average molecular weight is 302 g/mol. The van der Waals surface area contributed by atoms with Gasteiger partial charge in [0.2, 0.25) is 0 Å². The van der Waals surface area contributed by atoms with Gasteiger partial charge >= 0.3 is 11.9 Å². The second-order valence-corrected chi connectivity index (χ2v) is 4.20. The molecule has 0 radical (unpaired) electrons. The molecule has 0 atom stereocenters. The molecule has 0 aliphatic rings. The number of benzene rings is 1. The lowest BCUT2D eigenvalue weighted by molar-refractivity contribution is -0.137. The molecule has 1 heterocycles. The molecule has 8 nitrogen and oxygen atoms in total. The lowest BCUT2D eigenvalue weighted by atomic mass is 10.1. The molecule has 1 aromatic carbocycles. The van der Waals surface area contributed by atoms with E-state index in [0.717, 1.165) is 16.4 Å². The Morgan fingerprint density at radius 2 is 1.91 bits per heavy atom. The molecule has 114 valence electrons. The van der Waals surface area contributed by atoms with E-state index in [2.05, 4.69) is 24.9 Å². The van der Waals surface area contributed by atoms with Crippen molar-refractivity contribution in [3.63, 3.8) is 0 Å². The van der Waals surface area contributed by atoms with Crippen molar-refractivity contribution in [1.82, 2.24) is 20.2 Å². The third-order valence-electron chi connectivity index (χ3n) is 2.73. The summed E-state index contributed by atoms with van der Waals surface area (Å²) in [6.45, 7) is 0. The summed E-state index contributed by atoms with van der Waals surface area (Å²) in [5.41, 5.74) is 0.819. The van der Waals surface area contributed by atoms with Gasteiger partial charge in [-0.15, -0.1) is 15.0 Å². The van der Waals surface area contributed by atoms with Crippen molar-refractivity contribution in [1.29, 1.82) is 0 Å². The molecule has 8 heteroatoms. The second-order valence-electron chi connectivity index (χ2n) is 4.20. The molecule has 0 fully saturated rings. The predicted octanol–water partition coefficient (Wildman–Crippen LogP) is 0.451. The van der Waals surface area contributed by atoms with Crippen molar-refractivity contribution < 1.29 is 19.1 Å².